The van der Waals surface area contributed by atoms with Crippen LogP contribution in [0.3, 0.4) is 0 Å². The first-order valence-electron chi connectivity index (χ1n) is 7.17. The van der Waals surface area contributed by atoms with Gasteiger partial charge in [-0.2, -0.15) is 0 Å². The van der Waals surface area contributed by atoms with Gasteiger partial charge in [0.15, 0.2) is 0 Å². The topological polar surface area (TPSA) is 49.4 Å². The normalized spacial score (nSPS) is 21.2. The van der Waals surface area contributed by atoms with Gasteiger partial charge in [0.05, 0.1) is 6.04 Å². The summed E-state index contributed by atoms with van der Waals surface area (Å²) in [6, 6.07) is 8.36. The maximum atomic E-state index is 12.1. The molecule has 1 unspecified atom stereocenters. The van der Waals surface area contributed by atoms with Crippen LogP contribution >= 0.6 is 23.5 Å². The summed E-state index contributed by atoms with van der Waals surface area (Å²) in [6.45, 7) is 1.29. The zero-order valence-electron chi connectivity index (χ0n) is 11.7. The van der Waals surface area contributed by atoms with E-state index >= 15 is 0 Å². The van der Waals surface area contributed by atoms with Gasteiger partial charge in [-0.25, -0.2) is 0 Å². The zero-order chi connectivity index (χ0) is 14.7. The number of nitrogens with one attached hydrogen (secondary N) is 1. The minimum Gasteiger partial charge on any atom is -0.349 e. The highest BCUT2D eigenvalue weighted by Crippen LogP contribution is 2.35. The van der Waals surface area contributed by atoms with E-state index < -0.39 is 0 Å². The second kappa shape index (κ2) is 6.75. The molecular formula is C15H18N2O2S2. The molecule has 1 atom stereocenters. The molecule has 2 aliphatic heterocycles. The Bertz CT molecular complexity index is 550. The van der Waals surface area contributed by atoms with Crippen molar-refractivity contribution in [3.8, 4) is 0 Å². The van der Waals surface area contributed by atoms with Crippen LogP contribution in [-0.2, 0) is 4.79 Å². The molecule has 0 saturated carbocycles. The Labute approximate surface area is 133 Å². The molecule has 0 radical (unpaired) electrons. The van der Waals surface area contributed by atoms with E-state index in [0.717, 1.165) is 24.5 Å². The Morgan fingerprint density at radius 1 is 1.29 bits per heavy atom. The summed E-state index contributed by atoms with van der Waals surface area (Å²) in [5, 5.41) is 3.22. The molecule has 21 heavy (non-hydrogen) atoms. The average Bonchev–Trinajstić information content (AvgIpc) is 2.91. The highest BCUT2D eigenvalue weighted by molar-refractivity contribution is 8.13. The number of fused-ring (bicyclic) bond motifs is 1. The van der Waals surface area contributed by atoms with Gasteiger partial charge in [-0.3, -0.25) is 9.59 Å². The maximum Gasteiger partial charge on any atom is 0.281 e. The minimum atomic E-state index is 0.0337. The maximum absolute atomic E-state index is 12.1. The van der Waals surface area contributed by atoms with Crippen molar-refractivity contribution in [1.82, 2.24) is 10.2 Å². The van der Waals surface area contributed by atoms with E-state index in [1.807, 2.05) is 23.9 Å². The average molecular weight is 322 g/mol. The Hall–Kier alpha value is -1.14. The van der Waals surface area contributed by atoms with Gasteiger partial charge in [0.1, 0.15) is 0 Å². The van der Waals surface area contributed by atoms with Crippen LogP contribution in [0.2, 0.25) is 0 Å². The van der Waals surface area contributed by atoms with Gasteiger partial charge in [-0.1, -0.05) is 30.0 Å². The van der Waals surface area contributed by atoms with Crippen molar-refractivity contribution >= 4 is 34.7 Å². The van der Waals surface area contributed by atoms with Crippen LogP contribution in [0.4, 0.5) is 4.79 Å². The smallest absolute Gasteiger partial charge is 0.281 e. The van der Waals surface area contributed by atoms with E-state index in [9.17, 15) is 9.59 Å². The van der Waals surface area contributed by atoms with E-state index in [1.54, 1.807) is 4.90 Å². The van der Waals surface area contributed by atoms with Crippen LogP contribution in [0.1, 0.15) is 24.4 Å². The quantitative estimate of drug-likeness (QED) is 0.926. The molecule has 1 fully saturated rings. The fourth-order valence-corrected chi connectivity index (χ4v) is 4.60. The standard InChI is InChI=1S/C15H18N2O2S2/c18-14(5-7-17-8-10-21-15(17)19)16-12-6-9-20-13-4-2-1-3-11(12)13/h1-4,12H,5-10H2,(H,16,18). The van der Waals surface area contributed by atoms with Crippen molar-refractivity contribution < 1.29 is 9.59 Å². The Morgan fingerprint density at radius 3 is 2.95 bits per heavy atom. The lowest BCUT2D eigenvalue weighted by atomic mass is 10.0. The summed E-state index contributed by atoms with van der Waals surface area (Å²) in [5.41, 5.74) is 1.22. The van der Waals surface area contributed by atoms with Crippen molar-refractivity contribution in [2.45, 2.75) is 23.8 Å². The Morgan fingerprint density at radius 2 is 2.14 bits per heavy atom. The van der Waals surface area contributed by atoms with Crippen LogP contribution in [0.5, 0.6) is 0 Å². The number of amides is 2. The van der Waals surface area contributed by atoms with Gasteiger partial charge >= 0.3 is 0 Å². The van der Waals surface area contributed by atoms with Crippen molar-refractivity contribution in [2.24, 2.45) is 0 Å². The summed E-state index contributed by atoms with van der Waals surface area (Å²) >= 11 is 3.18. The van der Waals surface area contributed by atoms with Crippen LogP contribution < -0.4 is 5.32 Å². The largest absolute Gasteiger partial charge is 0.349 e. The number of hydrogen-bond donors (Lipinski definition) is 1. The molecular weight excluding hydrogens is 304 g/mol. The van der Waals surface area contributed by atoms with Crippen LogP contribution in [0.25, 0.3) is 0 Å². The van der Waals surface area contributed by atoms with Gasteiger partial charge in [0, 0.05) is 35.9 Å². The number of benzene rings is 1. The molecule has 6 heteroatoms. The Balaban J connectivity index is 1.55. The summed E-state index contributed by atoms with van der Waals surface area (Å²) < 4.78 is 0. The van der Waals surface area contributed by atoms with Gasteiger partial charge in [-0.15, -0.1) is 11.8 Å². The minimum absolute atomic E-state index is 0.0337. The molecule has 4 nitrogen and oxygen atoms in total. The van der Waals surface area contributed by atoms with Crippen molar-refractivity contribution in [3.63, 3.8) is 0 Å². The molecule has 0 bridgehead atoms. The highest BCUT2D eigenvalue weighted by Gasteiger charge is 2.24. The zero-order valence-corrected chi connectivity index (χ0v) is 13.3. The summed E-state index contributed by atoms with van der Waals surface area (Å²) in [6.07, 6.45) is 1.35. The van der Waals surface area contributed by atoms with E-state index in [-0.39, 0.29) is 17.2 Å². The number of rotatable bonds is 4. The first-order valence-corrected chi connectivity index (χ1v) is 9.14. The first-order chi connectivity index (χ1) is 10.2. The summed E-state index contributed by atoms with van der Waals surface area (Å²) in [7, 11) is 0. The van der Waals surface area contributed by atoms with Crippen molar-refractivity contribution in [2.75, 3.05) is 24.6 Å². The molecule has 0 aromatic heterocycles. The molecule has 3 rings (SSSR count). The molecule has 1 N–H and O–H groups in total. The number of hydrogen-bond acceptors (Lipinski definition) is 4. The molecule has 1 aromatic carbocycles. The molecule has 2 aliphatic rings. The lowest BCUT2D eigenvalue weighted by Gasteiger charge is -2.26. The molecule has 2 amide bonds. The Kier molecular flexibility index (Phi) is 4.75. The van der Waals surface area contributed by atoms with Crippen LogP contribution in [-0.4, -0.2) is 40.6 Å². The molecule has 1 saturated heterocycles. The first kappa shape index (κ1) is 14.8. The van der Waals surface area contributed by atoms with Crippen LogP contribution in [0, 0.1) is 0 Å². The van der Waals surface area contributed by atoms with E-state index in [2.05, 4.69) is 17.4 Å². The molecule has 0 spiro atoms. The van der Waals surface area contributed by atoms with E-state index in [1.165, 1.54) is 22.2 Å². The second-order valence-electron chi connectivity index (χ2n) is 5.15. The second-order valence-corrected chi connectivity index (χ2v) is 7.33. The predicted molar refractivity (Wildman–Crippen MR) is 86.7 cm³/mol. The molecule has 1 aromatic rings. The number of carbonyl (C=O) groups is 2. The lowest BCUT2D eigenvalue weighted by Crippen LogP contribution is -2.34. The monoisotopic (exact) mass is 322 g/mol. The third kappa shape index (κ3) is 3.55. The van der Waals surface area contributed by atoms with Crippen molar-refractivity contribution in [3.05, 3.63) is 29.8 Å². The van der Waals surface area contributed by atoms with E-state index in [0.29, 0.717) is 13.0 Å². The van der Waals surface area contributed by atoms with Gasteiger partial charge in [0.25, 0.3) is 5.24 Å². The SMILES string of the molecule is O=C(CCN1CCSC1=O)NC1CCSc2ccccc21. The number of thioether (sulfide) groups is 2. The number of nitrogens with zero attached hydrogens (tertiary/aromatic N) is 1. The summed E-state index contributed by atoms with van der Waals surface area (Å²) in [5.74, 6) is 1.91. The fraction of sp³-hybridized carbons (Fsp3) is 0.467. The van der Waals surface area contributed by atoms with Crippen molar-refractivity contribution in [1.29, 1.82) is 0 Å². The third-order valence-electron chi connectivity index (χ3n) is 3.75. The van der Waals surface area contributed by atoms with Gasteiger partial charge < -0.3 is 10.2 Å². The lowest BCUT2D eigenvalue weighted by molar-refractivity contribution is -0.122. The molecule has 112 valence electrons. The highest BCUT2D eigenvalue weighted by atomic mass is 32.2. The van der Waals surface area contributed by atoms with E-state index in [4.69, 9.17) is 0 Å². The summed E-state index contributed by atoms with van der Waals surface area (Å²) in [4.78, 5) is 26.6. The fourth-order valence-electron chi connectivity index (χ4n) is 2.62. The molecule has 0 aliphatic carbocycles. The van der Waals surface area contributed by atoms with Crippen LogP contribution in [0.15, 0.2) is 29.2 Å². The predicted octanol–water partition coefficient (Wildman–Crippen LogP) is 2.90. The van der Waals surface area contributed by atoms with Gasteiger partial charge in [0.2, 0.25) is 5.91 Å². The number of carbonyl (C=O) groups excluding carboxylic acids is 2. The third-order valence-corrected chi connectivity index (χ3v) is 5.76. The molecule has 2 heterocycles. The van der Waals surface area contributed by atoms with Gasteiger partial charge in [-0.05, 0) is 18.1 Å².